The van der Waals surface area contributed by atoms with Crippen LogP contribution in [0.2, 0.25) is 0 Å². The second-order valence-corrected chi connectivity index (χ2v) is 8.54. The Morgan fingerprint density at radius 3 is 3.07 bits per heavy atom. The van der Waals surface area contributed by atoms with Crippen LogP contribution in [-0.4, -0.2) is 64.7 Å². The first kappa shape index (κ1) is 18.6. The predicted molar refractivity (Wildman–Crippen MR) is 104 cm³/mol. The van der Waals surface area contributed by atoms with E-state index in [-0.39, 0.29) is 12.0 Å². The lowest BCUT2D eigenvalue weighted by molar-refractivity contribution is 0.0825. The zero-order chi connectivity index (χ0) is 18.8. The summed E-state index contributed by atoms with van der Waals surface area (Å²) in [5, 5.41) is 10.5. The molecule has 0 unspecified atom stereocenters. The quantitative estimate of drug-likeness (QED) is 0.851. The Morgan fingerprint density at radius 1 is 1.41 bits per heavy atom. The molecule has 0 aliphatic carbocycles. The number of ether oxygens (including phenoxy) is 1. The van der Waals surface area contributed by atoms with E-state index < -0.39 is 0 Å². The lowest BCUT2D eigenvalue weighted by Crippen LogP contribution is -2.35. The number of rotatable bonds is 5. The first-order chi connectivity index (χ1) is 13.1. The van der Waals surface area contributed by atoms with Gasteiger partial charge in [-0.2, -0.15) is 5.10 Å². The van der Waals surface area contributed by atoms with Crippen LogP contribution in [0.25, 0.3) is 0 Å². The number of nitrogens with zero attached hydrogens (tertiary/aromatic N) is 4. The molecule has 0 saturated carbocycles. The van der Waals surface area contributed by atoms with E-state index in [0.717, 1.165) is 68.3 Å². The van der Waals surface area contributed by atoms with Crippen LogP contribution in [0.3, 0.4) is 0 Å². The minimum absolute atomic E-state index is 0.0107. The number of piperidine rings is 1. The molecule has 146 valence electrons. The van der Waals surface area contributed by atoms with Crippen LogP contribution in [0, 0.1) is 0 Å². The van der Waals surface area contributed by atoms with Gasteiger partial charge in [0.2, 0.25) is 0 Å². The lowest BCUT2D eigenvalue weighted by atomic mass is 9.92. The Balaban J connectivity index is 1.42. The molecule has 1 amide bonds. The third-order valence-corrected chi connectivity index (χ3v) is 6.37. The Bertz CT molecular complexity index is 781. The molecule has 0 aromatic carbocycles. The van der Waals surface area contributed by atoms with E-state index in [4.69, 9.17) is 9.72 Å². The molecule has 2 atom stereocenters. The van der Waals surface area contributed by atoms with Crippen LogP contribution >= 0.6 is 11.3 Å². The Kier molecular flexibility index (Phi) is 5.56. The first-order valence-corrected chi connectivity index (χ1v) is 10.5. The van der Waals surface area contributed by atoms with Crippen LogP contribution in [0.4, 0.5) is 0 Å². The number of likely N-dealkylation sites (tertiary alicyclic amines) is 1. The standard InChI is InChI=1S/C19H27N5O2S/c1-23(2)19(25)15-9-20-22-17(15)13-5-3-7-24(10-13)11-14-12-27-18(21-14)16-6-4-8-26-16/h9,12-13,16H,3-8,10-11H2,1-2H3,(H,20,22)/t13-,16+/m1/s1. The molecule has 2 aliphatic heterocycles. The van der Waals surface area contributed by atoms with Crippen LogP contribution in [0.15, 0.2) is 11.6 Å². The van der Waals surface area contributed by atoms with Gasteiger partial charge in [0.25, 0.3) is 5.91 Å². The van der Waals surface area contributed by atoms with Gasteiger partial charge in [-0.25, -0.2) is 4.98 Å². The molecule has 0 bridgehead atoms. The van der Waals surface area contributed by atoms with Gasteiger partial charge in [-0.15, -0.1) is 11.3 Å². The molecule has 4 rings (SSSR count). The van der Waals surface area contributed by atoms with E-state index in [1.54, 1.807) is 36.5 Å². The van der Waals surface area contributed by atoms with Gasteiger partial charge < -0.3 is 9.64 Å². The lowest BCUT2D eigenvalue weighted by Gasteiger charge is -2.32. The summed E-state index contributed by atoms with van der Waals surface area (Å²) in [5.41, 5.74) is 2.79. The van der Waals surface area contributed by atoms with Crippen molar-refractivity contribution in [3.05, 3.63) is 33.5 Å². The van der Waals surface area contributed by atoms with Crippen molar-refractivity contribution in [2.75, 3.05) is 33.8 Å². The molecule has 2 fully saturated rings. The molecule has 2 aliphatic rings. The summed E-state index contributed by atoms with van der Waals surface area (Å²) in [4.78, 5) is 21.3. The van der Waals surface area contributed by atoms with Crippen molar-refractivity contribution in [1.29, 1.82) is 0 Å². The fourth-order valence-corrected chi connectivity index (χ4v) is 4.89. The summed E-state index contributed by atoms with van der Waals surface area (Å²) in [5.74, 6) is 0.313. The van der Waals surface area contributed by atoms with Gasteiger partial charge in [0.05, 0.1) is 23.1 Å². The van der Waals surface area contributed by atoms with Crippen molar-refractivity contribution in [1.82, 2.24) is 25.0 Å². The normalized spacial score (nSPS) is 23.6. The number of hydrogen-bond acceptors (Lipinski definition) is 6. The minimum Gasteiger partial charge on any atom is -0.371 e. The monoisotopic (exact) mass is 389 g/mol. The smallest absolute Gasteiger partial charge is 0.256 e. The number of carbonyl (C=O) groups excluding carboxylic acids is 1. The van der Waals surface area contributed by atoms with E-state index in [9.17, 15) is 4.79 Å². The maximum absolute atomic E-state index is 12.4. The van der Waals surface area contributed by atoms with Crippen molar-refractivity contribution >= 4 is 17.2 Å². The number of thiazole rings is 1. The summed E-state index contributed by atoms with van der Waals surface area (Å²) in [6, 6.07) is 0. The van der Waals surface area contributed by atoms with Gasteiger partial charge in [0, 0.05) is 45.1 Å². The topological polar surface area (TPSA) is 74.4 Å². The average molecular weight is 390 g/mol. The summed E-state index contributed by atoms with van der Waals surface area (Å²) < 4.78 is 5.75. The fraction of sp³-hybridized carbons (Fsp3) is 0.632. The molecule has 1 N–H and O–H groups in total. The maximum atomic E-state index is 12.4. The predicted octanol–water partition coefficient (Wildman–Crippen LogP) is 2.80. The van der Waals surface area contributed by atoms with Crippen molar-refractivity contribution in [2.24, 2.45) is 0 Å². The van der Waals surface area contributed by atoms with Gasteiger partial charge in [0.15, 0.2) is 0 Å². The minimum atomic E-state index is 0.0107. The van der Waals surface area contributed by atoms with Crippen molar-refractivity contribution in [3.8, 4) is 0 Å². The van der Waals surface area contributed by atoms with E-state index in [2.05, 4.69) is 20.5 Å². The van der Waals surface area contributed by atoms with E-state index >= 15 is 0 Å². The molecule has 0 spiro atoms. The summed E-state index contributed by atoms with van der Waals surface area (Å²) in [7, 11) is 3.56. The van der Waals surface area contributed by atoms with Gasteiger partial charge >= 0.3 is 0 Å². The van der Waals surface area contributed by atoms with Crippen LogP contribution in [-0.2, 0) is 11.3 Å². The van der Waals surface area contributed by atoms with Gasteiger partial charge in [-0.05, 0) is 32.2 Å². The highest BCUT2D eigenvalue weighted by molar-refractivity contribution is 7.09. The third kappa shape index (κ3) is 4.07. The molecule has 2 aromatic rings. The Hall–Kier alpha value is -1.77. The van der Waals surface area contributed by atoms with Crippen molar-refractivity contribution in [3.63, 3.8) is 0 Å². The van der Waals surface area contributed by atoms with Gasteiger partial charge in [-0.3, -0.25) is 14.8 Å². The Labute approximate surface area is 163 Å². The number of amides is 1. The number of aromatic nitrogens is 3. The molecule has 2 aromatic heterocycles. The van der Waals surface area contributed by atoms with Crippen LogP contribution < -0.4 is 0 Å². The molecule has 2 saturated heterocycles. The molecular formula is C19H27N5O2S. The van der Waals surface area contributed by atoms with Crippen molar-refractivity contribution < 1.29 is 9.53 Å². The zero-order valence-corrected chi connectivity index (χ0v) is 16.8. The number of H-pyrrole nitrogens is 1. The van der Waals surface area contributed by atoms with E-state index in [1.165, 1.54) is 0 Å². The SMILES string of the molecule is CN(C)C(=O)c1cn[nH]c1[C@@H]1CCCN(Cc2csc([C@@H]3CCCO3)n2)C1. The van der Waals surface area contributed by atoms with E-state index in [0.29, 0.717) is 11.5 Å². The molecular weight excluding hydrogens is 362 g/mol. The second kappa shape index (κ2) is 8.08. The van der Waals surface area contributed by atoms with Gasteiger partial charge in [0.1, 0.15) is 11.1 Å². The maximum Gasteiger partial charge on any atom is 0.256 e. The molecule has 27 heavy (non-hydrogen) atoms. The summed E-state index contributed by atoms with van der Waals surface area (Å²) in [6.07, 6.45) is 6.26. The Morgan fingerprint density at radius 2 is 2.30 bits per heavy atom. The fourth-order valence-electron chi connectivity index (χ4n) is 4.00. The number of hydrogen-bond donors (Lipinski definition) is 1. The number of carbonyl (C=O) groups is 1. The number of aromatic amines is 1. The molecule has 4 heterocycles. The van der Waals surface area contributed by atoms with Gasteiger partial charge in [-0.1, -0.05) is 0 Å². The first-order valence-electron chi connectivity index (χ1n) is 9.65. The number of nitrogens with one attached hydrogen (secondary N) is 1. The third-order valence-electron chi connectivity index (χ3n) is 5.38. The highest BCUT2D eigenvalue weighted by atomic mass is 32.1. The summed E-state index contributed by atoms with van der Waals surface area (Å²) in [6.45, 7) is 3.69. The second-order valence-electron chi connectivity index (χ2n) is 7.65. The molecule has 8 heteroatoms. The largest absolute Gasteiger partial charge is 0.371 e. The van der Waals surface area contributed by atoms with Crippen LogP contribution in [0.5, 0.6) is 0 Å². The van der Waals surface area contributed by atoms with Crippen LogP contribution in [0.1, 0.15) is 64.5 Å². The van der Waals surface area contributed by atoms with E-state index in [1.807, 2.05) is 0 Å². The van der Waals surface area contributed by atoms with Crippen molar-refractivity contribution in [2.45, 2.75) is 44.2 Å². The highest BCUT2D eigenvalue weighted by Crippen LogP contribution is 2.32. The zero-order valence-electron chi connectivity index (χ0n) is 16.0. The average Bonchev–Trinajstić information content (AvgIpc) is 3.41. The highest BCUT2D eigenvalue weighted by Gasteiger charge is 2.28. The molecule has 7 nitrogen and oxygen atoms in total. The molecule has 0 radical (unpaired) electrons. The summed E-state index contributed by atoms with van der Waals surface area (Å²) >= 11 is 1.71.